The van der Waals surface area contributed by atoms with Crippen molar-refractivity contribution in [1.29, 1.82) is 0 Å². The molecule has 0 heterocycles. The molecule has 1 aromatic carbocycles. The zero-order valence-corrected chi connectivity index (χ0v) is 9.71. The van der Waals surface area contributed by atoms with Crippen LogP contribution in [0.2, 0.25) is 0 Å². The van der Waals surface area contributed by atoms with Crippen LogP contribution in [0.5, 0.6) is 0 Å². The molecular weight excluding hydrogens is 216 g/mol. The predicted molar refractivity (Wildman–Crippen MR) is 65.3 cm³/mol. The molecule has 0 N–H and O–H groups in total. The number of rotatable bonds is 3. The molecule has 0 radical (unpaired) electrons. The highest BCUT2D eigenvalue weighted by molar-refractivity contribution is 5.94. The van der Waals surface area contributed by atoms with E-state index in [0.717, 1.165) is 30.7 Å². The Morgan fingerprint density at radius 3 is 2.35 bits per heavy atom. The topological polar surface area (TPSA) is 49.7 Å². The maximum atomic E-state index is 12.1. The normalized spacial score (nSPS) is 16.5. The second-order valence-corrected chi connectivity index (χ2v) is 4.39. The fourth-order valence-corrected chi connectivity index (χ4v) is 2.31. The van der Waals surface area contributed by atoms with Gasteiger partial charge in [-0.1, -0.05) is 37.5 Å². The van der Waals surface area contributed by atoms with Crippen LogP contribution >= 0.6 is 0 Å². The van der Waals surface area contributed by atoms with Crippen molar-refractivity contribution < 1.29 is 4.79 Å². The zero-order valence-electron chi connectivity index (χ0n) is 9.71. The first kappa shape index (κ1) is 11.8. The fraction of sp³-hybridized carbons (Fsp3) is 0.462. The van der Waals surface area contributed by atoms with E-state index in [4.69, 9.17) is 0 Å². The molecule has 1 aliphatic rings. The molecule has 1 amide bonds. The van der Waals surface area contributed by atoms with Gasteiger partial charge >= 0.3 is 0 Å². The third kappa shape index (κ3) is 2.70. The minimum atomic E-state index is -0.285. The van der Waals surface area contributed by atoms with Crippen molar-refractivity contribution in [2.24, 2.45) is 5.29 Å². The zero-order chi connectivity index (χ0) is 12.1. The van der Waals surface area contributed by atoms with Crippen LogP contribution in [0.1, 0.15) is 42.5 Å². The molecule has 4 heteroatoms. The summed E-state index contributed by atoms with van der Waals surface area (Å²) in [7, 11) is 0. The van der Waals surface area contributed by atoms with E-state index in [-0.39, 0.29) is 11.9 Å². The molecule has 0 saturated heterocycles. The Morgan fingerprint density at radius 2 is 1.76 bits per heavy atom. The Balaban J connectivity index is 2.12. The third-order valence-corrected chi connectivity index (χ3v) is 3.24. The van der Waals surface area contributed by atoms with Crippen LogP contribution in [-0.2, 0) is 0 Å². The third-order valence-electron chi connectivity index (χ3n) is 3.24. The second kappa shape index (κ2) is 5.57. The van der Waals surface area contributed by atoms with Gasteiger partial charge in [-0.15, -0.1) is 4.91 Å². The fourth-order valence-electron chi connectivity index (χ4n) is 2.31. The van der Waals surface area contributed by atoms with E-state index in [2.05, 4.69) is 5.29 Å². The summed E-state index contributed by atoms with van der Waals surface area (Å²) in [5.74, 6) is -0.285. The lowest BCUT2D eigenvalue weighted by Crippen LogP contribution is -2.37. The summed E-state index contributed by atoms with van der Waals surface area (Å²) < 4.78 is 0. The van der Waals surface area contributed by atoms with Crippen molar-refractivity contribution in [3.05, 3.63) is 40.8 Å². The highest BCUT2D eigenvalue weighted by atomic mass is 16.3. The maximum absolute atomic E-state index is 12.1. The lowest BCUT2D eigenvalue weighted by Gasteiger charge is -2.27. The Kier molecular flexibility index (Phi) is 3.85. The summed E-state index contributed by atoms with van der Waals surface area (Å²) in [6.07, 6.45) is 5.08. The molecule has 2 rings (SSSR count). The molecule has 0 spiro atoms. The molecule has 0 aliphatic heterocycles. The summed E-state index contributed by atoms with van der Waals surface area (Å²) >= 11 is 0. The number of amides is 1. The summed E-state index contributed by atoms with van der Waals surface area (Å²) in [5.41, 5.74) is 0.526. The van der Waals surface area contributed by atoms with E-state index in [1.165, 1.54) is 6.42 Å². The van der Waals surface area contributed by atoms with Crippen LogP contribution in [0.25, 0.3) is 0 Å². The molecule has 1 aliphatic carbocycles. The van der Waals surface area contributed by atoms with Crippen molar-refractivity contribution in [2.75, 3.05) is 0 Å². The van der Waals surface area contributed by atoms with E-state index < -0.39 is 0 Å². The monoisotopic (exact) mass is 232 g/mol. The number of hydrogen-bond donors (Lipinski definition) is 0. The SMILES string of the molecule is O=NN(C(=O)c1ccccc1)C1CCCCC1. The van der Waals surface area contributed by atoms with E-state index in [1.54, 1.807) is 24.3 Å². The first-order chi connectivity index (χ1) is 8.33. The quantitative estimate of drug-likeness (QED) is 0.593. The average molecular weight is 232 g/mol. The first-order valence-electron chi connectivity index (χ1n) is 6.05. The van der Waals surface area contributed by atoms with Gasteiger partial charge in [-0.2, -0.15) is 5.01 Å². The lowest BCUT2D eigenvalue weighted by molar-refractivity contribution is 0.0637. The molecule has 0 unspecified atom stereocenters. The second-order valence-electron chi connectivity index (χ2n) is 4.39. The van der Waals surface area contributed by atoms with Crippen LogP contribution in [0, 0.1) is 4.91 Å². The van der Waals surface area contributed by atoms with Crippen LogP contribution in [0.3, 0.4) is 0 Å². The van der Waals surface area contributed by atoms with E-state index in [9.17, 15) is 9.70 Å². The average Bonchev–Trinajstić information content (AvgIpc) is 2.42. The molecule has 0 aromatic heterocycles. The number of nitroso groups, excluding NO2 is 1. The van der Waals surface area contributed by atoms with Gasteiger partial charge in [-0.25, -0.2) is 0 Å². The van der Waals surface area contributed by atoms with Crippen molar-refractivity contribution in [1.82, 2.24) is 5.01 Å². The molecular formula is C13H16N2O2. The van der Waals surface area contributed by atoms with Gasteiger partial charge in [0.25, 0.3) is 5.91 Å². The first-order valence-corrected chi connectivity index (χ1v) is 6.05. The number of hydrogen-bond acceptors (Lipinski definition) is 3. The Morgan fingerprint density at radius 1 is 1.12 bits per heavy atom. The molecule has 17 heavy (non-hydrogen) atoms. The summed E-state index contributed by atoms with van der Waals surface area (Å²) in [6, 6.07) is 8.82. The van der Waals surface area contributed by atoms with Crippen molar-refractivity contribution in [2.45, 2.75) is 38.1 Å². The Labute approximate surface area is 101 Å². The molecule has 90 valence electrons. The lowest BCUT2D eigenvalue weighted by atomic mass is 9.95. The number of benzene rings is 1. The highest BCUT2D eigenvalue weighted by Crippen LogP contribution is 2.24. The van der Waals surface area contributed by atoms with Gasteiger partial charge in [0.1, 0.15) is 0 Å². The minimum Gasteiger partial charge on any atom is -0.267 e. The molecule has 1 aromatic rings. The molecule has 1 fully saturated rings. The van der Waals surface area contributed by atoms with Gasteiger partial charge < -0.3 is 0 Å². The van der Waals surface area contributed by atoms with Gasteiger partial charge in [-0.3, -0.25) is 4.79 Å². The summed E-state index contributed by atoms with van der Waals surface area (Å²) in [5, 5.41) is 4.04. The van der Waals surface area contributed by atoms with Gasteiger partial charge in [0, 0.05) is 5.56 Å². The largest absolute Gasteiger partial charge is 0.276 e. The summed E-state index contributed by atoms with van der Waals surface area (Å²) in [6.45, 7) is 0. The van der Waals surface area contributed by atoms with Gasteiger partial charge in [0.2, 0.25) is 0 Å². The predicted octanol–water partition coefficient (Wildman–Crippen LogP) is 3.14. The van der Waals surface area contributed by atoms with Crippen molar-refractivity contribution >= 4 is 5.91 Å². The van der Waals surface area contributed by atoms with Gasteiger partial charge in [-0.05, 0) is 25.0 Å². The number of carbonyl (C=O) groups is 1. The maximum Gasteiger partial charge on any atom is 0.276 e. The number of carbonyl (C=O) groups excluding carboxylic acids is 1. The number of nitrogens with zero attached hydrogens (tertiary/aromatic N) is 2. The van der Waals surface area contributed by atoms with Gasteiger partial charge in [0.15, 0.2) is 0 Å². The molecule has 0 atom stereocenters. The Bertz CT molecular complexity index is 386. The molecule has 4 nitrogen and oxygen atoms in total. The summed E-state index contributed by atoms with van der Waals surface area (Å²) in [4.78, 5) is 23.0. The smallest absolute Gasteiger partial charge is 0.267 e. The van der Waals surface area contributed by atoms with Crippen LogP contribution in [-0.4, -0.2) is 17.0 Å². The molecule has 0 bridgehead atoms. The van der Waals surface area contributed by atoms with Crippen LogP contribution < -0.4 is 0 Å². The van der Waals surface area contributed by atoms with Crippen LogP contribution in [0.4, 0.5) is 0 Å². The molecule has 1 saturated carbocycles. The van der Waals surface area contributed by atoms with E-state index >= 15 is 0 Å². The van der Waals surface area contributed by atoms with E-state index in [1.807, 2.05) is 6.07 Å². The van der Waals surface area contributed by atoms with Crippen molar-refractivity contribution in [3.8, 4) is 0 Å². The Hall–Kier alpha value is -1.71. The van der Waals surface area contributed by atoms with Crippen molar-refractivity contribution in [3.63, 3.8) is 0 Å². The van der Waals surface area contributed by atoms with Gasteiger partial charge in [0.05, 0.1) is 11.3 Å². The highest BCUT2D eigenvalue weighted by Gasteiger charge is 2.27. The van der Waals surface area contributed by atoms with E-state index in [0.29, 0.717) is 5.56 Å². The standard InChI is InChI=1S/C13H16N2O2/c16-13(11-7-3-1-4-8-11)15(14-17)12-9-5-2-6-10-12/h1,3-4,7-8,12H,2,5-6,9-10H2. The van der Waals surface area contributed by atoms with Crippen LogP contribution in [0.15, 0.2) is 35.6 Å². The minimum absolute atomic E-state index is 0.0195.